The fourth-order valence-electron chi connectivity index (χ4n) is 2.50. The number of nitrogens with one attached hydrogen (secondary N) is 2. The van der Waals surface area contributed by atoms with Gasteiger partial charge in [-0.3, -0.25) is 9.52 Å². The number of halogens is 4. The first-order valence-corrected chi connectivity index (χ1v) is 10.1. The van der Waals surface area contributed by atoms with Crippen molar-refractivity contribution in [3.05, 3.63) is 84.2 Å². The summed E-state index contributed by atoms with van der Waals surface area (Å²) in [7, 11) is -4.07. The third-order valence-corrected chi connectivity index (χ3v) is 5.28. The van der Waals surface area contributed by atoms with Crippen LogP contribution >= 0.6 is 0 Å². The zero-order chi connectivity index (χ0) is 22.6. The summed E-state index contributed by atoms with van der Waals surface area (Å²) in [5.74, 6) is -1.78. The molecule has 2 N–H and O–H groups in total. The van der Waals surface area contributed by atoms with Gasteiger partial charge in [-0.25, -0.2) is 12.8 Å². The van der Waals surface area contributed by atoms with E-state index < -0.39 is 33.9 Å². The molecule has 6 nitrogen and oxygen atoms in total. The van der Waals surface area contributed by atoms with Crippen molar-refractivity contribution in [2.45, 2.75) is 11.3 Å². The second kappa shape index (κ2) is 8.64. The van der Waals surface area contributed by atoms with Gasteiger partial charge in [-0.1, -0.05) is 12.1 Å². The molecule has 0 aromatic heterocycles. The molecule has 162 valence electrons. The van der Waals surface area contributed by atoms with E-state index in [9.17, 15) is 30.8 Å². The first kappa shape index (κ1) is 22.1. The molecular weight excluding hydrogens is 440 g/mol. The predicted octanol–water partition coefficient (Wildman–Crippen LogP) is 4.78. The van der Waals surface area contributed by atoms with Crippen LogP contribution < -0.4 is 14.8 Å². The van der Waals surface area contributed by atoms with Gasteiger partial charge in [0.25, 0.3) is 15.9 Å². The van der Waals surface area contributed by atoms with Crippen LogP contribution in [0.5, 0.6) is 5.75 Å². The van der Waals surface area contributed by atoms with Crippen molar-refractivity contribution in [1.82, 2.24) is 0 Å². The Morgan fingerprint density at radius 1 is 0.839 bits per heavy atom. The number of alkyl halides is 3. The number of ether oxygens (including phenoxy) is 1. The number of hydrogen-bond acceptors (Lipinski definition) is 4. The predicted molar refractivity (Wildman–Crippen MR) is 105 cm³/mol. The summed E-state index contributed by atoms with van der Waals surface area (Å²) in [6.07, 6.45) is -4.86. The Bertz CT molecular complexity index is 1180. The monoisotopic (exact) mass is 454 g/mol. The maximum Gasteiger partial charge on any atom is 0.573 e. The van der Waals surface area contributed by atoms with Crippen LogP contribution in [-0.2, 0) is 10.0 Å². The largest absolute Gasteiger partial charge is 0.573 e. The number of rotatable bonds is 6. The highest BCUT2D eigenvalue weighted by Crippen LogP contribution is 2.26. The number of hydrogen-bond donors (Lipinski definition) is 2. The van der Waals surface area contributed by atoms with Gasteiger partial charge in [-0.15, -0.1) is 13.2 Å². The Morgan fingerprint density at radius 3 is 2.00 bits per heavy atom. The maximum atomic E-state index is 13.1. The van der Waals surface area contributed by atoms with Gasteiger partial charge in [0, 0.05) is 5.56 Å². The molecule has 0 aliphatic rings. The molecule has 11 heteroatoms. The van der Waals surface area contributed by atoms with Crippen LogP contribution in [0.2, 0.25) is 0 Å². The van der Waals surface area contributed by atoms with Crippen LogP contribution in [0.25, 0.3) is 0 Å². The fourth-order valence-corrected chi connectivity index (χ4v) is 3.58. The molecule has 0 spiro atoms. The summed E-state index contributed by atoms with van der Waals surface area (Å²) in [5, 5.41) is 2.49. The average Bonchev–Trinajstić information content (AvgIpc) is 2.69. The summed E-state index contributed by atoms with van der Waals surface area (Å²) in [5.41, 5.74) is 0.164. The first-order chi connectivity index (χ1) is 14.5. The van der Waals surface area contributed by atoms with Crippen molar-refractivity contribution < 1.29 is 35.5 Å². The molecule has 3 aromatic carbocycles. The molecule has 3 aromatic rings. The molecular formula is C20H14F4N2O4S. The Balaban J connectivity index is 1.77. The quantitative estimate of drug-likeness (QED) is 0.525. The van der Waals surface area contributed by atoms with Gasteiger partial charge in [-0.05, 0) is 60.7 Å². The Kier molecular flexibility index (Phi) is 6.16. The van der Waals surface area contributed by atoms with Gasteiger partial charge in [0.05, 0.1) is 16.3 Å². The smallest absolute Gasteiger partial charge is 0.406 e. The van der Waals surface area contributed by atoms with E-state index in [4.69, 9.17) is 0 Å². The summed E-state index contributed by atoms with van der Waals surface area (Å²) in [6.45, 7) is 0. The standard InChI is InChI=1S/C20H14F4N2O4S/c21-14-7-11-16(12-8-14)31(28,29)26-18-4-2-1-3-17(18)25-19(27)13-5-9-15(10-6-13)30-20(22,23)24/h1-12,26H,(H,25,27). The van der Waals surface area contributed by atoms with Crippen LogP contribution in [0.15, 0.2) is 77.7 Å². The zero-order valence-corrected chi connectivity index (χ0v) is 16.3. The fraction of sp³-hybridized carbons (Fsp3) is 0.0500. The third-order valence-electron chi connectivity index (χ3n) is 3.89. The number of carbonyl (C=O) groups excluding carboxylic acids is 1. The van der Waals surface area contributed by atoms with E-state index in [0.29, 0.717) is 0 Å². The van der Waals surface area contributed by atoms with Crippen molar-refractivity contribution in [2.24, 2.45) is 0 Å². The van der Waals surface area contributed by atoms with Crippen LogP contribution in [0.3, 0.4) is 0 Å². The minimum atomic E-state index is -4.86. The van der Waals surface area contributed by atoms with E-state index in [-0.39, 0.29) is 21.8 Å². The highest BCUT2D eigenvalue weighted by atomic mass is 32.2. The Morgan fingerprint density at radius 2 is 1.42 bits per heavy atom. The number of benzene rings is 3. The molecule has 0 unspecified atom stereocenters. The lowest BCUT2D eigenvalue weighted by Crippen LogP contribution is -2.18. The molecule has 0 atom stereocenters. The molecule has 0 fully saturated rings. The Labute approximate surface area is 174 Å². The molecule has 0 aliphatic heterocycles. The van der Waals surface area contributed by atoms with Crippen LogP contribution in [0.4, 0.5) is 28.9 Å². The van der Waals surface area contributed by atoms with Crippen molar-refractivity contribution in [2.75, 3.05) is 10.0 Å². The van der Waals surface area contributed by atoms with Crippen molar-refractivity contribution in [3.8, 4) is 5.75 Å². The lowest BCUT2D eigenvalue weighted by atomic mass is 10.2. The van der Waals surface area contributed by atoms with E-state index in [1.165, 1.54) is 18.2 Å². The first-order valence-electron chi connectivity index (χ1n) is 8.58. The number of amides is 1. The number of carbonyl (C=O) groups is 1. The van der Waals surface area contributed by atoms with Gasteiger partial charge in [0.1, 0.15) is 11.6 Å². The average molecular weight is 454 g/mol. The third kappa shape index (κ3) is 5.95. The zero-order valence-electron chi connectivity index (χ0n) is 15.5. The maximum absolute atomic E-state index is 13.1. The van der Waals surface area contributed by atoms with Gasteiger partial charge in [0.15, 0.2) is 0 Å². The molecule has 0 saturated carbocycles. The van der Waals surface area contributed by atoms with E-state index >= 15 is 0 Å². The van der Waals surface area contributed by atoms with Gasteiger partial charge in [0.2, 0.25) is 0 Å². The minimum Gasteiger partial charge on any atom is -0.406 e. The number of para-hydroxylation sites is 2. The van der Waals surface area contributed by atoms with E-state index in [1.54, 1.807) is 6.07 Å². The second-order valence-corrected chi connectivity index (χ2v) is 7.81. The minimum absolute atomic E-state index is 0.0192. The van der Waals surface area contributed by atoms with E-state index in [0.717, 1.165) is 48.5 Å². The second-order valence-electron chi connectivity index (χ2n) is 6.13. The van der Waals surface area contributed by atoms with Crippen LogP contribution in [0.1, 0.15) is 10.4 Å². The highest BCUT2D eigenvalue weighted by molar-refractivity contribution is 7.92. The molecule has 0 heterocycles. The molecule has 0 saturated heterocycles. The van der Waals surface area contributed by atoms with Gasteiger partial charge >= 0.3 is 6.36 Å². The molecule has 0 aliphatic carbocycles. The number of anilines is 2. The highest BCUT2D eigenvalue weighted by Gasteiger charge is 2.31. The van der Waals surface area contributed by atoms with Crippen molar-refractivity contribution in [3.63, 3.8) is 0 Å². The lowest BCUT2D eigenvalue weighted by molar-refractivity contribution is -0.274. The topological polar surface area (TPSA) is 84.5 Å². The summed E-state index contributed by atoms with van der Waals surface area (Å²) < 4.78 is 80.8. The Hall–Kier alpha value is -3.60. The summed E-state index contributed by atoms with van der Waals surface area (Å²) >= 11 is 0. The SMILES string of the molecule is O=C(Nc1ccccc1NS(=O)(=O)c1ccc(F)cc1)c1ccc(OC(F)(F)F)cc1. The van der Waals surface area contributed by atoms with Crippen molar-refractivity contribution in [1.29, 1.82) is 0 Å². The van der Waals surface area contributed by atoms with Gasteiger partial charge in [-0.2, -0.15) is 0 Å². The summed E-state index contributed by atoms with van der Waals surface area (Å²) in [6, 6.07) is 14.3. The molecule has 1 amide bonds. The summed E-state index contributed by atoms with van der Waals surface area (Å²) in [4.78, 5) is 12.3. The van der Waals surface area contributed by atoms with Crippen LogP contribution in [-0.4, -0.2) is 20.7 Å². The van der Waals surface area contributed by atoms with E-state index in [1.807, 2.05) is 0 Å². The lowest BCUT2D eigenvalue weighted by Gasteiger charge is -2.14. The molecule has 31 heavy (non-hydrogen) atoms. The van der Waals surface area contributed by atoms with Crippen LogP contribution in [0, 0.1) is 5.82 Å². The van der Waals surface area contributed by atoms with Crippen molar-refractivity contribution >= 4 is 27.3 Å². The normalized spacial score (nSPS) is 11.6. The molecule has 0 bridgehead atoms. The van der Waals surface area contributed by atoms with E-state index in [2.05, 4.69) is 14.8 Å². The molecule has 3 rings (SSSR count). The molecule has 0 radical (unpaired) electrons. The number of sulfonamides is 1. The van der Waals surface area contributed by atoms with Gasteiger partial charge < -0.3 is 10.1 Å².